The summed E-state index contributed by atoms with van der Waals surface area (Å²) in [6.45, 7) is 4.25. The molecule has 0 atom stereocenters. The lowest BCUT2D eigenvalue weighted by molar-refractivity contribution is 0.0510. The van der Waals surface area contributed by atoms with E-state index in [-0.39, 0.29) is 6.79 Å². The quantitative estimate of drug-likeness (QED) is 0.760. The van der Waals surface area contributed by atoms with E-state index in [1.54, 1.807) is 13.4 Å². The van der Waals surface area contributed by atoms with Crippen molar-refractivity contribution in [1.82, 2.24) is 9.55 Å². The first-order valence-electron chi connectivity index (χ1n) is 5.44. The molecule has 0 saturated heterocycles. The van der Waals surface area contributed by atoms with Crippen LogP contribution in [0.4, 0.5) is 0 Å². The molecule has 2 rings (SSSR count). The summed E-state index contributed by atoms with van der Waals surface area (Å²) in [5.41, 5.74) is 3.13. The third-order valence-corrected chi connectivity index (χ3v) is 2.44. The number of imidazole rings is 1. The molecule has 0 N–H and O–H groups in total. The number of methoxy groups -OCH3 is 1. The van der Waals surface area contributed by atoms with Crippen LogP contribution < -0.4 is 4.74 Å². The highest BCUT2D eigenvalue weighted by Gasteiger charge is 2.06. The van der Waals surface area contributed by atoms with Crippen molar-refractivity contribution in [2.24, 2.45) is 0 Å². The van der Waals surface area contributed by atoms with Crippen LogP contribution in [0.1, 0.15) is 11.3 Å². The van der Waals surface area contributed by atoms with Gasteiger partial charge in [0.25, 0.3) is 0 Å². The van der Waals surface area contributed by atoms with Crippen LogP contribution in [0, 0.1) is 13.8 Å². The summed E-state index contributed by atoms with van der Waals surface area (Å²) in [5, 5.41) is 0. The number of benzene rings is 1. The summed E-state index contributed by atoms with van der Waals surface area (Å²) in [7, 11) is 1.61. The van der Waals surface area contributed by atoms with Crippen molar-refractivity contribution in [3.63, 3.8) is 0 Å². The molecule has 0 bridgehead atoms. The Morgan fingerprint density at radius 2 is 2.12 bits per heavy atom. The third kappa shape index (κ3) is 2.65. The number of hydrogen-bond donors (Lipinski definition) is 0. The fourth-order valence-electron chi connectivity index (χ4n) is 1.63. The van der Waals surface area contributed by atoms with Crippen LogP contribution >= 0.6 is 0 Å². The van der Waals surface area contributed by atoms with Crippen molar-refractivity contribution in [2.75, 3.05) is 13.9 Å². The lowest BCUT2D eigenvalue weighted by atomic mass is 10.2. The second-order valence-corrected chi connectivity index (χ2v) is 3.94. The van der Waals surface area contributed by atoms with E-state index in [0.717, 1.165) is 17.1 Å². The number of aromatic nitrogens is 2. The van der Waals surface area contributed by atoms with Gasteiger partial charge in [-0.25, -0.2) is 4.98 Å². The predicted molar refractivity (Wildman–Crippen MR) is 65.5 cm³/mol. The molecule has 0 saturated carbocycles. The zero-order chi connectivity index (χ0) is 12.3. The Morgan fingerprint density at radius 3 is 2.76 bits per heavy atom. The summed E-state index contributed by atoms with van der Waals surface area (Å²) in [6, 6.07) is 6.02. The van der Waals surface area contributed by atoms with Gasteiger partial charge in [-0.2, -0.15) is 0 Å². The molecule has 2 aromatic rings. The van der Waals surface area contributed by atoms with Crippen molar-refractivity contribution < 1.29 is 9.47 Å². The van der Waals surface area contributed by atoms with Gasteiger partial charge in [0.05, 0.1) is 17.7 Å². The zero-order valence-electron chi connectivity index (χ0n) is 10.3. The summed E-state index contributed by atoms with van der Waals surface area (Å²) in [6.07, 6.45) is 3.75. The molecule has 1 aromatic carbocycles. The zero-order valence-corrected chi connectivity index (χ0v) is 10.3. The molecule has 0 amide bonds. The summed E-state index contributed by atoms with van der Waals surface area (Å²) in [5.74, 6) is 0.787. The van der Waals surface area contributed by atoms with E-state index in [1.165, 1.54) is 5.56 Å². The first-order valence-corrected chi connectivity index (χ1v) is 5.44. The van der Waals surface area contributed by atoms with Gasteiger partial charge in [-0.15, -0.1) is 0 Å². The second-order valence-electron chi connectivity index (χ2n) is 3.94. The molecule has 4 heteroatoms. The average molecular weight is 232 g/mol. The van der Waals surface area contributed by atoms with Crippen molar-refractivity contribution >= 4 is 0 Å². The number of nitrogens with zero attached hydrogens (tertiary/aromatic N) is 2. The van der Waals surface area contributed by atoms with Gasteiger partial charge in [-0.05, 0) is 31.5 Å². The molecule has 17 heavy (non-hydrogen) atoms. The van der Waals surface area contributed by atoms with Gasteiger partial charge in [-0.1, -0.05) is 6.07 Å². The Kier molecular flexibility index (Phi) is 3.44. The number of ether oxygens (including phenoxy) is 2. The first-order chi connectivity index (χ1) is 8.20. The van der Waals surface area contributed by atoms with Gasteiger partial charge < -0.3 is 14.0 Å². The second kappa shape index (κ2) is 5.01. The van der Waals surface area contributed by atoms with E-state index in [0.29, 0.717) is 0 Å². The number of rotatable bonds is 4. The van der Waals surface area contributed by atoms with Gasteiger partial charge in [0.15, 0.2) is 6.79 Å². The van der Waals surface area contributed by atoms with E-state index >= 15 is 0 Å². The highest BCUT2D eigenvalue weighted by molar-refractivity contribution is 5.49. The fraction of sp³-hybridized carbons (Fsp3) is 0.308. The normalized spacial score (nSPS) is 10.5. The smallest absolute Gasteiger partial charge is 0.188 e. The largest absolute Gasteiger partial charge is 0.465 e. The minimum absolute atomic E-state index is 0.240. The van der Waals surface area contributed by atoms with Crippen LogP contribution in [0.5, 0.6) is 5.75 Å². The van der Waals surface area contributed by atoms with Gasteiger partial charge in [-0.3, -0.25) is 0 Å². The van der Waals surface area contributed by atoms with Crippen LogP contribution in [-0.4, -0.2) is 23.5 Å². The van der Waals surface area contributed by atoms with Crippen molar-refractivity contribution in [1.29, 1.82) is 0 Å². The monoisotopic (exact) mass is 232 g/mol. The van der Waals surface area contributed by atoms with E-state index < -0.39 is 0 Å². The van der Waals surface area contributed by atoms with Crippen LogP contribution in [0.3, 0.4) is 0 Å². The molecule has 1 heterocycles. The third-order valence-electron chi connectivity index (χ3n) is 2.44. The Hall–Kier alpha value is -1.81. The maximum atomic E-state index is 5.53. The molecule has 0 spiro atoms. The summed E-state index contributed by atoms with van der Waals surface area (Å²) in [4.78, 5) is 4.22. The van der Waals surface area contributed by atoms with Crippen molar-refractivity contribution in [2.45, 2.75) is 13.8 Å². The molecule has 0 aliphatic carbocycles. The Bertz CT molecular complexity index is 506. The molecule has 1 aromatic heterocycles. The summed E-state index contributed by atoms with van der Waals surface area (Å²) < 4.78 is 12.4. The molecule has 0 unspecified atom stereocenters. The Labute approximate surface area is 101 Å². The van der Waals surface area contributed by atoms with E-state index in [4.69, 9.17) is 9.47 Å². The van der Waals surface area contributed by atoms with E-state index in [9.17, 15) is 0 Å². The highest BCUT2D eigenvalue weighted by Crippen LogP contribution is 2.24. The van der Waals surface area contributed by atoms with Crippen LogP contribution in [0.15, 0.2) is 30.7 Å². The molecular formula is C13H16N2O2. The van der Waals surface area contributed by atoms with Gasteiger partial charge in [0, 0.05) is 13.3 Å². The lowest BCUT2D eigenvalue weighted by Gasteiger charge is -2.12. The fourth-order valence-corrected chi connectivity index (χ4v) is 1.63. The topological polar surface area (TPSA) is 36.3 Å². The lowest BCUT2D eigenvalue weighted by Crippen LogP contribution is -2.03. The van der Waals surface area contributed by atoms with Crippen molar-refractivity contribution in [3.05, 3.63) is 42.0 Å². The molecule has 90 valence electrons. The first kappa shape index (κ1) is 11.7. The Morgan fingerprint density at radius 1 is 1.29 bits per heavy atom. The Balaban J connectivity index is 2.39. The van der Waals surface area contributed by atoms with Crippen LogP contribution in [0.2, 0.25) is 0 Å². The minimum Gasteiger partial charge on any atom is -0.465 e. The highest BCUT2D eigenvalue weighted by atomic mass is 16.7. The number of aryl methyl sites for hydroxylation is 2. The molecule has 0 radical (unpaired) electrons. The molecule has 0 fully saturated rings. The predicted octanol–water partition coefficient (Wildman–Crippen LogP) is 2.47. The molecular weight excluding hydrogens is 216 g/mol. The standard InChI is InChI=1S/C13H16N2O2/c1-10-4-5-13(17-9-16-3)12(6-10)15-7-11(2)14-8-15/h4-8H,9H2,1-3H3. The maximum Gasteiger partial charge on any atom is 0.188 e. The van der Waals surface area contributed by atoms with Gasteiger partial charge in [0.1, 0.15) is 5.75 Å². The molecule has 4 nitrogen and oxygen atoms in total. The van der Waals surface area contributed by atoms with Crippen molar-refractivity contribution in [3.8, 4) is 11.4 Å². The average Bonchev–Trinajstić information content (AvgIpc) is 2.74. The minimum atomic E-state index is 0.240. The SMILES string of the molecule is COCOc1ccc(C)cc1-n1cnc(C)c1. The molecule has 0 aliphatic rings. The van der Waals surface area contributed by atoms with Crippen LogP contribution in [0.25, 0.3) is 5.69 Å². The van der Waals surface area contributed by atoms with E-state index in [2.05, 4.69) is 11.1 Å². The van der Waals surface area contributed by atoms with E-state index in [1.807, 2.05) is 36.7 Å². The van der Waals surface area contributed by atoms with Gasteiger partial charge >= 0.3 is 0 Å². The van der Waals surface area contributed by atoms with Gasteiger partial charge in [0.2, 0.25) is 0 Å². The maximum absolute atomic E-state index is 5.53. The molecule has 0 aliphatic heterocycles. The van der Waals surface area contributed by atoms with Crippen LogP contribution in [-0.2, 0) is 4.74 Å². The summed E-state index contributed by atoms with van der Waals surface area (Å²) >= 11 is 0. The number of hydrogen-bond acceptors (Lipinski definition) is 3.